The van der Waals surface area contributed by atoms with Crippen molar-refractivity contribution in [3.63, 3.8) is 0 Å². The first-order valence-corrected chi connectivity index (χ1v) is 15.2. The largest absolute Gasteiger partial charge is 0.455 e. The Kier molecular flexibility index (Phi) is 5.85. The highest BCUT2D eigenvalue weighted by Crippen LogP contribution is 2.40. The number of fused-ring (bicyclic) bond motifs is 6. The Morgan fingerprint density at radius 3 is 2.02 bits per heavy atom. The fraction of sp³-hybridized carbons (Fsp3) is 0.0244. The van der Waals surface area contributed by atoms with Crippen molar-refractivity contribution in [2.24, 2.45) is 9.98 Å². The zero-order chi connectivity index (χ0) is 29.7. The second-order valence-corrected chi connectivity index (χ2v) is 11.4. The Morgan fingerprint density at radius 1 is 0.533 bits per heavy atom. The van der Waals surface area contributed by atoms with E-state index in [2.05, 4.69) is 127 Å². The third-order valence-electron chi connectivity index (χ3n) is 8.73. The van der Waals surface area contributed by atoms with Gasteiger partial charge in [0.2, 0.25) is 0 Å². The third-order valence-corrected chi connectivity index (χ3v) is 8.73. The van der Waals surface area contributed by atoms with Crippen LogP contribution in [-0.2, 0) is 0 Å². The molecule has 0 bridgehead atoms. The van der Waals surface area contributed by atoms with Gasteiger partial charge >= 0.3 is 0 Å². The van der Waals surface area contributed by atoms with Gasteiger partial charge in [-0.2, -0.15) is 0 Å². The average molecular weight is 578 g/mol. The molecule has 1 unspecified atom stereocenters. The van der Waals surface area contributed by atoms with Gasteiger partial charge in [0.25, 0.3) is 0 Å². The maximum atomic E-state index is 6.59. The van der Waals surface area contributed by atoms with Crippen LogP contribution in [0.25, 0.3) is 54.6 Å². The van der Waals surface area contributed by atoms with E-state index in [9.17, 15) is 0 Å². The van der Waals surface area contributed by atoms with E-state index in [1.54, 1.807) is 0 Å². The molecule has 1 aliphatic heterocycles. The standard InChI is InChI=1S/C41H27N3O/c1-3-13-26(14-4-1)30-21-11-22-33-37-34(23-12-24-36(37)45-38(30)33)40-42-39(27-15-5-2-6-16-27)43-41(44-40)35-25-28-17-7-8-18-29(28)31-19-9-10-20-32(31)35/h1-25,40H,(H,42,43,44). The Labute approximate surface area is 260 Å². The highest BCUT2D eigenvalue weighted by Gasteiger charge is 2.26. The quantitative estimate of drug-likeness (QED) is 0.212. The van der Waals surface area contributed by atoms with E-state index in [0.717, 1.165) is 61.0 Å². The molecule has 1 N–H and O–H groups in total. The van der Waals surface area contributed by atoms with Crippen molar-refractivity contribution in [3.8, 4) is 11.1 Å². The molecule has 9 rings (SSSR count). The number of para-hydroxylation sites is 1. The van der Waals surface area contributed by atoms with Gasteiger partial charge in [0.1, 0.15) is 23.2 Å². The van der Waals surface area contributed by atoms with E-state index in [4.69, 9.17) is 14.4 Å². The molecule has 4 heteroatoms. The van der Waals surface area contributed by atoms with Crippen molar-refractivity contribution >= 4 is 55.2 Å². The van der Waals surface area contributed by atoms with Gasteiger partial charge < -0.3 is 9.73 Å². The van der Waals surface area contributed by atoms with Gasteiger partial charge in [-0.15, -0.1) is 0 Å². The Bertz CT molecular complexity index is 2460. The predicted octanol–water partition coefficient (Wildman–Crippen LogP) is 10.1. The van der Waals surface area contributed by atoms with Crippen LogP contribution in [0, 0.1) is 0 Å². The van der Waals surface area contributed by atoms with Crippen LogP contribution in [0.5, 0.6) is 0 Å². The molecule has 0 radical (unpaired) electrons. The number of nitrogens with one attached hydrogen (secondary N) is 1. The fourth-order valence-corrected chi connectivity index (χ4v) is 6.66. The Balaban J connectivity index is 1.26. The number of aliphatic imine (C=N–C) groups is 2. The molecule has 45 heavy (non-hydrogen) atoms. The molecule has 1 aliphatic rings. The topological polar surface area (TPSA) is 49.9 Å². The van der Waals surface area contributed by atoms with Gasteiger partial charge in [-0.25, -0.2) is 9.98 Å². The summed E-state index contributed by atoms with van der Waals surface area (Å²) in [5, 5.41) is 10.6. The molecule has 0 saturated carbocycles. The van der Waals surface area contributed by atoms with Crippen LogP contribution in [0.3, 0.4) is 0 Å². The van der Waals surface area contributed by atoms with Crippen LogP contribution in [0.1, 0.15) is 22.9 Å². The number of hydrogen-bond donors (Lipinski definition) is 1. The van der Waals surface area contributed by atoms with E-state index in [-0.39, 0.29) is 6.17 Å². The molecule has 0 spiro atoms. The fourth-order valence-electron chi connectivity index (χ4n) is 6.66. The zero-order valence-electron chi connectivity index (χ0n) is 24.3. The van der Waals surface area contributed by atoms with Crippen molar-refractivity contribution in [3.05, 3.63) is 168 Å². The van der Waals surface area contributed by atoms with Gasteiger partial charge in [0.05, 0.1) is 0 Å². The lowest BCUT2D eigenvalue weighted by Crippen LogP contribution is -2.33. The SMILES string of the molecule is c1ccc(C2=NC(c3cccc4oc5c(-c6ccccc6)cccc5c34)NC(c3cc4ccccc4c4ccccc34)=N2)cc1. The molecule has 0 amide bonds. The summed E-state index contributed by atoms with van der Waals surface area (Å²) in [6.45, 7) is 0. The molecule has 7 aromatic carbocycles. The van der Waals surface area contributed by atoms with E-state index in [0.29, 0.717) is 5.84 Å². The molecule has 1 atom stereocenters. The average Bonchev–Trinajstić information content (AvgIpc) is 3.51. The number of hydrogen-bond acceptors (Lipinski definition) is 4. The van der Waals surface area contributed by atoms with E-state index >= 15 is 0 Å². The maximum absolute atomic E-state index is 6.59. The van der Waals surface area contributed by atoms with E-state index in [1.807, 2.05) is 30.3 Å². The number of rotatable bonds is 4. The lowest BCUT2D eigenvalue weighted by Gasteiger charge is -2.25. The summed E-state index contributed by atoms with van der Waals surface area (Å²) >= 11 is 0. The first-order valence-electron chi connectivity index (χ1n) is 15.2. The number of benzene rings is 7. The second kappa shape index (κ2) is 10.3. The van der Waals surface area contributed by atoms with Crippen molar-refractivity contribution < 1.29 is 4.42 Å². The molecule has 212 valence electrons. The van der Waals surface area contributed by atoms with E-state index in [1.165, 1.54) is 16.2 Å². The highest BCUT2D eigenvalue weighted by atomic mass is 16.3. The van der Waals surface area contributed by atoms with Gasteiger partial charge in [-0.3, -0.25) is 0 Å². The Hall–Kier alpha value is -6.00. The lowest BCUT2D eigenvalue weighted by molar-refractivity contribution is 0.663. The van der Waals surface area contributed by atoms with Crippen LogP contribution in [0.15, 0.2) is 166 Å². The molecule has 2 heterocycles. The number of nitrogens with zero attached hydrogens (tertiary/aromatic N) is 2. The third kappa shape index (κ3) is 4.22. The summed E-state index contributed by atoms with van der Waals surface area (Å²) in [7, 11) is 0. The minimum absolute atomic E-state index is 0.386. The second-order valence-electron chi connectivity index (χ2n) is 11.4. The lowest BCUT2D eigenvalue weighted by atomic mass is 9.96. The molecule has 4 nitrogen and oxygen atoms in total. The van der Waals surface area contributed by atoms with Crippen LogP contribution < -0.4 is 5.32 Å². The van der Waals surface area contributed by atoms with Crippen molar-refractivity contribution in [1.29, 1.82) is 0 Å². The smallest absolute Gasteiger partial charge is 0.159 e. The minimum Gasteiger partial charge on any atom is -0.455 e. The summed E-state index contributed by atoms with van der Waals surface area (Å²) in [5.74, 6) is 1.49. The monoisotopic (exact) mass is 577 g/mol. The first kappa shape index (κ1) is 25.5. The summed E-state index contributed by atoms with van der Waals surface area (Å²) in [6.07, 6.45) is -0.386. The van der Waals surface area contributed by atoms with Crippen molar-refractivity contribution in [1.82, 2.24) is 5.32 Å². The summed E-state index contributed by atoms with van der Waals surface area (Å²) in [4.78, 5) is 10.4. The predicted molar refractivity (Wildman–Crippen MR) is 186 cm³/mol. The first-order chi connectivity index (χ1) is 22.3. The van der Waals surface area contributed by atoms with Gasteiger partial charge in [-0.05, 0) is 39.2 Å². The molecule has 0 aliphatic carbocycles. The van der Waals surface area contributed by atoms with Gasteiger partial charge in [0, 0.05) is 33.0 Å². The molecular weight excluding hydrogens is 550 g/mol. The van der Waals surface area contributed by atoms with Crippen LogP contribution in [0.2, 0.25) is 0 Å². The van der Waals surface area contributed by atoms with Crippen molar-refractivity contribution in [2.45, 2.75) is 6.17 Å². The minimum atomic E-state index is -0.386. The van der Waals surface area contributed by atoms with Crippen LogP contribution in [0.4, 0.5) is 0 Å². The molecular formula is C41H27N3O. The maximum Gasteiger partial charge on any atom is 0.159 e. The van der Waals surface area contributed by atoms with Gasteiger partial charge in [0.15, 0.2) is 5.84 Å². The number of furan rings is 1. The van der Waals surface area contributed by atoms with Gasteiger partial charge in [-0.1, -0.05) is 140 Å². The normalized spacial score (nSPS) is 14.9. The molecule has 1 aromatic heterocycles. The van der Waals surface area contributed by atoms with E-state index < -0.39 is 0 Å². The van der Waals surface area contributed by atoms with Crippen molar-refractivity contribution in [2.75, 3.05) is 0 Å². The molecule has 8 aromatic rings. The zero-order valence-corrected chi connectivity index (χ0v) is 24.3. The summed E-state index contributed by atoms with van der Waals surface area (Å²) in [5.41, 5.74) is 6.98. The number of amidine groups is 2. The summed E-state index contributed by atoms with van der Waals surface area (Å²) in [6, 6.07) is 52.6. The van der Waals surface area contributed by atoms with Crippen LogP contribution in [-0.4, -0.2) is 11.7 Å². The highest BCUT2D eigenvalue weighted by molar-refractivity contribution is 6.22. The van der Waals surface area contributed by atoms with Crippen LogP contribution >= 0.6 is 0 Å². The Morgan fingerprint density at radius 2 is 1.20 bits per heavy atom. The molecule has 0 saturated heterocycles. The summed E-state index contributed by atoms with van der Waals surface area (Å²) < 4.78 is 6.59. The molecule has 0 fully saturated rings.